The number of guanidine groups is 1. The molecule has 0 radical (unpaired) electrons. The number of hydrogen-bond acceptors (Lipinski definition) is 2. The van der Waals surface area contributed by atoms with E-state index in [1.165, 1.54) is 0 Å². The molecule has 98 valence electrons. The number of halogens is 1. The van der Waals surface area contributed by atoms with E-state index in [1.54, 1.807) is 6.26 Å². The monoisotopic (exact) mass is 351 g/mol. The van der Waals surface area contributed by atoms with Crippen molar-refractivity contribution in [3.63, 3.8) is 0 Å². The van der Waals surface area contributed by atoms with Crippen LogP contribution in [0.3, 0.4) is 0 Å². The second-order valence-electron chi connectivity index (χ2n) is 4.65. The SMILES string of the molecule is CCNC(=NCc1ccco1)NC(C)(C)C.I. The zero-order valence-corrected chi connectivity index (χ0v) is 13.2. The standard InChI is InChI=1S/C12H21N3O.HI/c1-5-13-11(15-12(2,3)4)14-9-10-7-6-8-16-10;/h6-8H,5,9H2,1-4H3,(H2,13,14,15);1H. The van der Waals surface area contributed by atoms with Gasteiger partial charge < -0.3 is 15.1 Å². The van der Waals surface area contributed by atoms with Crippen molar-refractivity contribution in [3.8, 4) is 0 Å². The van der Waals surface area contributed by atoms with Gasteiger partial charge in [-0.05, 0) is 39.8 Å². The van der Waals surface area contributed by atoms with Crippen molar-refractivity contribution in [2.24, 2.45) is 4.99 Å². The molecule has 1 aromatic rings. The van der Waals surface area contributed by atoms with Crippen LogP contribution < -0.4 is 10.6 Å². The minimum atomic E-state index is 0. The summed E-state index contributed by atoms with van der Waals surface area (Å²) in [6.45, 7) is 9.76. The number of hydrogen-bond donors (Lipinski definition) is 2. The molecule has 1 aromatic heterocycles. The highest BCUT2D eigenvalue weighted by molar-refractivity contribution is 14.0. The summed E-state index contributed by atoms with van der Waals surface area (Å²) in [6, 6.07) is 3.79. The molecule has 1 rings (SSSR count). The van der Waals surface area contributed by atoms with E-state index in [0.29, 0.717) is 6.54 Å². The Labute approximate surface area is 120 Å². The fraction of sp³-hybridized carbons (Fsp3) is 0.583. The van der Waals surface area contributed by atoms with E-state index < -0.39 is 0 Å². The van der Waals surface area contributed by atoms with Gasteiger partial charge in [-0.15, -0.1) is 24.0 Å². The van der Waals surface area contributed by atoms with Gasteiger partial charge in [-0.3, -0.25) is 0 Å². The number of aliphatic imine (C=N–C) groups is 1. The maximum atomic E-state index is 5.23. The van der Waals surface area contributed by atoms with Gasteiger partial charge in [0.15, 0.2) is 5.96 Å². The fourth-order valence-electron chi connectivity index (χ4n) is 1.22. The smallest absolute Gasteiger partial charge is 0.192 e. The number of nitrogens with zero attached hydrogens (tertiary/aromatic N) is 1. The lowest BCUT2D eigenvalue weighted by atomic mass is 10.1. The molecule has 0 fully saturated rings. The molecule has 17 heavy (non-hydrogen) atoms. The molecular formula is C12H22IN3O. The van der Waals surface area contributed by atoms with Crippen molar-refractivity contribution in [2.45, 2.75) is 39.8 Å². The molecule has 0 atom stereocenters. The van der Waals surface area contributed by atoms with Crippen molar-refractivity contribution in [1.29, 1.82) is 0 Å². The summed E-state index contributed by atoms with van der Waals surface area (Å²) in [5.41, 5.74) is 0.00413. The summed E-state index contributed by atoms with van der Waals surface area (Å²) in [5.74, 6) is 1.68. The normalized spacial score (nSPS) is 11.9. The molecule has 0 amide bonds. The molecule has 0 saturated heterocycles. The van der Waals surface area contributed by atoms with Gasteiger partial charge in [0.25, 0.3) is 0 Å². The lowest BCUT2D eigenvalue weighted by molar-refractivity contribution is 0.494. The predicted molar refractivity (Wildman–Crippen MR) is 81.8 cm³/mol. The minimum absolute atomic E-state index is 0. The Kier molecular flexibility index (Phi) is 7.26. The van der Waals surface area contributed by atoms with Gasteiger partial charge in [0.1, 0.15) is 12.3 Å². The Morgan fingerprint density at radius 3 is 2.59 bits per heavy atom. The molecule has 0 spiro atoms. The van der Waals surface area contributed by atoms with Gasteiger partial charge in [0.2, 0.25) is 0 Å². The first-order valence-corrected chi connectivity index (χ1v) is 5.60. The Morgan fingerprint density at radius 2 is 2.12 bits per heavy atom. The molecular weight excluding hydrogens is 329 g/mol. The number of rotatable bonds is 3. The number of furan rings is 1. The van der Waals surface area contributed by atoms with Crippen LogP contribution in [-0.4, -0.2) is 18.0 Å². The lowest BCUT2D eigenvalue weighted by Crippen LogP contribution is -2.47. The van der Waals surface area contributed by atoms with Gasteiger partial charge >= 0.3 is 0 Å². The maximum absolute atomic E-state index is 5.23. The van der Waals surface area contributed by atoms with Crippen LogP contribution in [0.5, 0.6) is 0 Å². The van der Waals surface area contributed by atoms with E-state index in [2.05, 4.69) is 36.4 Å². The average Bonchev–Trinajstić information content (AvgIpc) is 2.64. The highest BCUT2D eigenvalue weighted by Gasteiger charge is 2.11. The zero-order valence-electron chi connectivity index (χ0n) is 10.9. The first-order valence-electron chi connectivity index (χ1n) is 5.60. The first kappa shape index (κ1) is 16.3. The Balaban J connectivity index is 0.00000256. The van der Waals surface area contributed by atoms with Crippen LogP contribution in [0.25, 0.3) is 0 Å². The first-order chi connectivity index (χ1) is 7.51. The summed E-state index contributed by atoms with van der Waals surface area (Å²) in [6.07, 6.45) is 1.66. The molecule has 0 unspecified atom stereocenters. The van der Waals surface area contributed by atoms with Crippen LogP contribution in [0.4, 0.5) is 0 Å². The van der Waals surface area contributed by atoms with Crippen LogP contribution in [0, 0.1) is 0 Å². The van der Waals surface area contributed by atoms with Gasteiger partial charge in [-0.1, -0.05) is 0 Å². The fourth-order valence-corrected chi connectivity index (χ4v) is 1.22. The Hall–Kier alpha value is -0.720. The van der Waals surface area contributed by atoms with Crippen molar-refractivity contribution >= 4 is 29.9 Å². The molecule has 0 aliphatic carbocycles. The van der Waals surface area contributed by atoms with Crippen LogP contribution >= 0.6 is 24.0 Å². The zero-order chi connectivity index (χ0) is 12.0. The maximum Gasteiger partial charge on any atom is 0.192 e. The second kappa shape index (κ2) is 7.58. The van der Waals surface area contributed by atoms with Gasteiger partial charge in [-0.2, -0.15) is 0 Å². The summed E-state index contributed by atoms with van der Waals surface area (Å²) in [5, 5.41) is 6.52. The lowest BCUT2D eigenvalue weighted by Gasteiger charge is -2.23. The van der Waals surface area contributed by atoms with Crippen LogP contribution in [0.15, 0.2) is 27.8 Å². The van der Waals surface area contributed by atoms with E-state index in [9.17, 15) is 0 Å². The van der Waals surface area contributed by atoms with E-state index in [0.717, 1.165) is 18.3 Å². The van der Waals surface area contributed by atoms with Crippen molar-refractivity contribution < 1.29 is 4.42 Å². The van der Waals surface area contributed by atoms with Crippen LogP contribution in [-0.2, 0) is 6.54 Å². The topological polar surface area (TPSA) is 49.6 Å². The highest BCUT2D eigenvalue weighted by atomic mass is 127. The molecule has 0 aliphatic rings. The largest absolute Gasteiger partial charge is 0.467 e. The second-order valence-corrected chi connectivity index (χ2v) is 4.65. The van der Waals surface area contributed by atoms with Gasteiger partial charge in [0, 0.05) is 12.1 Å². The quantitative estimate of drug-likeness (QED) is 0.500. The number of nitrogens with one attached hydrogen (secondary N) is 2. The summed E-state index contributed by atoms with van der Waals surface area (Å²) in [7, 11) is 0. The van der Waals surface area contributed by atoms with Crippen molar-refractivity contribution in [3.05, 3.63) is 24.2 Å². The van der Waals surface area contributed by atoms with Crippen LogP contribution in [0.2, 0.25) is 0 Å². The molecule has 4 nitrogen and oxygen atoms in total. The van der Waals surface area contributed by atoms with E-state index in [-0.39, 0.29) is 29.5 Å². The molecule has 0 saturated carbocycles. The average molecular weight is 351 g/mol. The third kappa shape index (κ3) is 7.25. The summed E-state index contributed by atoms with van der Waals surface area (Å²) in [4.78, 5) is 4.44. The third-order valence-electron chi connectivity index (χ3n) is 1.81. The highest BCUT2D eigenvalue weighted by Crippen LogP contribution is 2.02. The van der Waals surface area contributed by atoms with Gasteiger partial charge in [-0.25, -0.2) is 4.99 Å². The molecule has 1 heterocycles. The summed E-state index contributed by atoms with van der Waals surface area (Å²) < 4.78 is 5.23. The molecule has 0 bridgehead atoms. The molecule has 0 aromatic carbocycles. The van der Waals surface area contributed by atoms with E-state index >= 15 is 0 Å². The predicted octanol–water partition coefficient (Wildman–Crippen LogP) is 2.75. The Morgan fingerprint density at radius 1 is 1.41 bits per heavy atom. The molecule has 2 N–H and O–H groups in total. The van der Waals surface area contributed by atoms with E-state index in [4.69, 9.17) is 4.42 Å². The molecule has 5 heteroatoms. The summed E-state index contributed by atoms with van der Waals surface area (Å²) >= 11 is 0. The van der Waals surface area contributed by atoms with Gasteiger partial charge in [0.05, 0.1) is 6.26 Å². The Bertz CT molecular complexity index is 328. The van der Waals surface area contributed by atoms with Crippen LogP contribution in [0.1, 0.15) is 33.5 Å². The molecule has 0 aliphatic heterocycles. The van der Waals surface area contributed by atoms with E-state index in [1.807, 2.05) is 19.1 Å². The minimum Gasteiger partial charge on any atom is -0.467 e. The van der Waals surface area contributed by atoms with Crippen molar-refractivity contribution in [1.82, 2.24) is 10.6 Å². The van der Waals surface area contributed by atoms with Crippen molar-refractivity contribution in [2.75, 3.05) is 6.54 Å². The third-order valence-corrected chi connectivity index (χ3v) is 1.81.